The summed E-state index contributed by atoms with van der Waals surface area (Å²) in [7, 11) is -9.82. The molecule has 0 rings (SSSR count). The van der Waals surface area contributed by atoms with Gasteiger partial charge in [-0.1, -0.05) is 357 Å². The molecule has 5 unspecified atom stereocenters. The highest BCUT2D eigenvalue weighted by atomic mass is 31.2. The first kappa shape index (κ1) is 110. The number of carbonyl (C=O) groups is 3. The van der Waals surface area contributed by atoms with Crippen LogP contribution in [-0.4, -0.2) is 95.9 Å². The van der Waals surface area contributed by atoms with Gasteiger partial charge in [0.1, 0.15) is 25.4 Å². The van der Waals surface area contributed by atoms with Crippen LogP contribution in [0.3, 0.4) is 0 Å². The average Bonchev–Trinajstić information content (AvgIpc) is 0.906. The van der Waals surface area contributed by atoms with Crippen LogP contribution in [0, 0.1) is 0 Å². The standard InChI is InChI=1S/C97H162O16P2/c1-4-7-10-13-16-19-22-25-28-31-34-37-40-42-44-45-47-49-51-53-56-59-62-65-68-71-74-77-80-83-95(100)107-86-92(98)87-109-114(103,104)110-88-93(99)89-111-115(105,106)112-91-94(113-97(102)85-82-79-76-73-70-67-64-61-58-55-50-39-36-33-30-27-24-21-18-15-12-9-6-3)90-108-96(101)84-81-78-75-72-69-66-63-60-57-54-52-48-46-43-41-38-35-32-29-26-23-20-17-14-11-8-5-2/h7-8,10-11,16-21,25-30,34-39,42-44,46-47,49,55,58,92-94,98-99H,4-6,9,12-15,22-24,31-33,40-41,45,48,50-54,56-57,59-91H2,1-3H3,(H,103,104)(H,105,106)/b10-7-,11-8-,19-16-,20-17-,21-18-,28-25-,29-26-,30-27-,37-34-,38-35-,39-36-,44-42-,46-43-,49-47-,58-55-. The van der Waals surface area contributed by atoms with Crippen molar-refractivity contribution in [2.45, 2.75) is 373 Å². The van der Waals surface area contributed by atoms with Gasteiger partial charge in [-0.2, -0.15) is 0 Å². The van der Waals surface area contributed by atoms with Crippen molar-refractivity contribution in [1.82, 2.24) is 0 Å². The van der Waals surface area contributed by atoms with E-state index in [2.05, 4.69) is 203 Å². The van der Waals surface area contributed by atoms with E-state index >= 15 is 0 Å². The van der Waals surface area contributed by atoms with E-state index in [0.29, 0.717) is 19.3 Å². The van der Waals surface area contributed by atoms with E-state index in [0.717, 1.165) is 199 Å². The highest BCUT2D eigenvalue weighted by Crippen LogP contribution is 2.45. The maximum atomic E-state index is 13.1. The molecule has 16 nitrogen and oxygen atoms in total. The van der Waals surface area contributed by atoms with Crippen LogP contribution >= 0.6 is 15.6 Å². The lowest BCUT2D eigenvalue weighted by Gasteiger charge is -2.21. The molecule has 0 bridgehead atoms. The number of hydrogen-bond donors (Lipinski definition) is 4. The Bertz CT molecular complexity index is 2820. The van der Waals surface area contributed by atoms with Crippen molar-refractivity contribution in [3.05, 3.63) is 182 Å². The largest absolute Gasteiger partial charge is 0.472 e. The van der Waals surface area contributed by atoms with E-state index in [4.69, 9.17) is 32.3 Å². The quantitative estimate of drug-likeness (QED) is 0.0146. The number of unbranched alkanes of at least 4 members (excludes halogenated alkanes) is 31. The van der Waals surface area contributed by atoms with Crippen molar-refractivity contribution < 1.29 is 75.8 Å². The number of ether oxygens (including phenoxy) is 3. The summed E-state index contributed by atoms with van der Waals surface area (Å²) < 4.78 is 61.5. The zero-order valence-electron chi connectivity index (χ0n) is 72.1. The van der Waals surface area contributed by atoms with Crippen LogP contribution in [0.25, 0.3) is 0 Å². The van der Waals surface area contributed by atoms with E-state index in [-0.39, 0.29) is 19.3 Å². The van der Waals surface area contributed by atoms with Gasteiger partial charge in [0.25, 0.3) is 0 Å². The zero-order chi connectivity index (χ0) is 83.6. The fourth-order valence-electron chi connectivity index (χ4n) is 11.8. The fourth-order valence-corrected chi connectivity index (χ4v) is 13.4. The Hall–Kier alpha value is -5.35. The Morgan fingerprint density at radius 2 is 0.461 bits per heavy atom. The Morgan fingerprint density at radius 1 is 0.252 bits per heavy atom. The minimum absolute atomic E-state index is 0.0864. The van der Waals surface area contributed by atoms with E-state index in [1.54, 1.807) is 0 Å². The highest BCUT2D eigenvalue weighted by molar-refractivity contribution is 7.47. The third kappa shape index (κ3) is 89.3. The van der Waals surface area contributed by atoms with E-state index < -0.39 is 91.5 Å². The molecule has 0 amide bonds. The van der Waals surface area contributed by atoms with Gasteiger partial charge in [-0.25, -0.2) is 9.13 Å². The summed E-state index contributed by atoms with van der Waals surface area (Å²) in [6.45, 7) is 2.43. The van der Waals surface area contributed by atoms with Gasteiger partial charge in [-0.15, -0.1) is 0 Å². The molecule has 0 aliphatic heterocycles. The number of phosphoric ester groups is 2. The van der Waals surface area contributed by atoms with Crippen molar-refractivity contribution >= 4 is 33.6 Å². The van der Waals surface area contributed by atoms with Gasteiger partial charge >= 0.3 is 33.6 Å². The molecule has 0 aliphatic carbocycles. The van der Waals surface area contributed by atoms with Crippen molar-refractivity contribution in [3.8, 4) is 0 Å². The summed E-state index contributed by atoms with van der Waals surface area (Å²) in [5, 5.41) is 20.7. The normalized spacial score (nSPS) is 14.7. The first-order chi connectivity index (χ1) is 56.2. The number of aliphatic hydroxyl groups excluding tert-OH is 2. The Labute approximate surface area is 700 Å². The molecule has 0 fully saturated rings. The third-order valence-corrected chi connectivity index (χ3v) is 20.5. The van der Waals surface area contributed by atoms with E-state index in [1.807, 2.05) is 0 Å². The lowest BCUT2D eigenvalue weighted by Crippen LogP contribution is -2.30. The number of carbonyl (C=O) groups excluding carboxylic acids is 3. The van der Waals surface area contributed by atoms with Gasteiger partial charge in [0.05, 0.1) is 26.4 Å². The van der Waals surface area contributed by atoms with Crippen molar-refractivity contribution in [3.63, 3.8) is 0 Å². The lowest BCUT2D eigenvalue weighted by atomic mass is 10.0. The second kappa shape index (κ2) is 87.9. The SMILES string of the molecule is CC/C=C\C/C=C\C/C=C\C/C=C\C/C=C\C/C=C\CCCCCCCCCCCCC(=O)OCC(O)COP(=O)(O)OCC(O)COP(=O)(O)OCC(COC(=O)CCCCCCCCCCCCC/C=C\C/C=C\C/C=C\C/C=C\C/C=C\CC)OC(=O)CCCCCCCCC/C=C\C/C=C\C/C=C\C/C=C\CCCCC. The predicted octanol–water partition coefficient (Wildman–Crippen LogP) is 27.7. The minimum atomic E-state index is -4.95. The summed E-state index contributed by atoms with van der Waals surface area (Å²) in [6.07, 6.45) is 115. The molecule has 0 saturated carbocycles. The van der Waals surface area contributed by atoms with Crippen molar-refractivity contribution in [2.75, 3.05) is 39.6 Å². The molecule has 0 aromatic carbocycles. The fraction of sp³-hybridized carbons (Fsp3) is 0.660. The third-order valence-electron chi connectivity index (χ3n) is 18.6. The molecule has 18 heteroatoms. The summed E-state index contributed by atoms with van der Waals surface area (Å²) >= 11 is 0. The van der Waals surface area contributed by atoms with Gasteiger partial charge in [-0.05, 0) is 161 Å². The second-order valence-electron chi connectivity index (χ2n) is 29.6. The Kier molecular flexibility index (Phi) is 83.9. The van der Waals surface area contributed by atoms with Crippen molar-refractivity contribution in [2.24, 2.45) is 0 Å². The monoisotopic (exact) mass is 1650 g/mol. The van der Waals surface area contributed by atoms with Crippen LogP contribution in [0.2, 0.25) is 0 Å². The number of esters is 3. The molecule has 0 aromatic rings. The topological polar surface area (TPSA) is 231 Å². The number of aliphatic hydroxyl groups is 2. The van der Waals surface area contributed by atoms with Crippen LogP contribution < -0.4 is 0 Å². The molecule has 0 saturated heterocycles. The maximum Gasteiger partial charge on any atom is 0.472 e. The van der Waals surface area contributed by atoms with Crippen LogP contribution in [0.1, 0.15) is 355 Å². The molecule has 115 heavy (non-hydrogen) atoms. The average molecular weight is 1650 g/mol. The van der Waals surface area contributed by atoms with Gasteiger partial charge in [0.2, 0.25) is 0 Å². The van der Waals surface area contributed by atoms with Gasteiger partial charge in [0.15, 0.2) is 6.10 Å². The summed E-state index contributed by atoms with van der Waals surface area (Å²) in [6, 6.07) is 0. The summed E-state index contributed by atoms with van der Waals surface area (Å²) in [5.74, 6) is -1.59. The molecule has 0 aromatic heterocycles. The number of hydrogen-bond acceptors (Lipinski definition) is 14. The maximum absolute atomic E-state index is 13.1. The first-order valence-electron chi connectivity index (χ1n) is 45.1. The predicted molar refractivity (Wildman–Crippen MR) is 481 cm³/mol. The molecule has 0 radical (unpaired) electrons. The highest BCUT2D eigenvalue weighted by Gasteiger charge is 2.29. The van der Waals surface area contributed by atoms with Crippen LogP contribution in [0.5, 0.6) is 0 Å². The van der Waals surface area contributed by atoms with E-state index in [9.17, 15) is 43.5 Å². The summed E-state index contributed by atoms with van der Waals surface area (Å²) in [4.78, 5) is 59.0. The first-order valence-corrected chi connectivity index (χ1v) is 48.1. The van der Waals surface area contributed by atoms with Gasteiger partial charge < -0.3 is 34.2 Å². The zero-order valence-corrected chi connectivity index (χ0v) is 73.9. The van der Waals surface area contributed by atoms with Gasteiger partial charge in [-0.3, -0.25) is 32.5 Å². The molecule has 0 aliphatic rings. The van der Waals surface area contributed by atoms with Crippen LogP contribution in [-0.2, 0) is 55.8 Å². The Morgan fingerprint density at radius 3 is 0.730 bits per heavy atom. The Balaban J connectivity index is 4.67. The number of phosphoric acid groups is 2. The number of rotatable bonds is 84. The van der Waals surface area contributed by atoms with Crippen LogP contribution in [0.4, 0.5) is 0 Å². The van der Waals surface area contributed by atoms with Crippen LogP contribution in [0.15, 0.2) is 182 Å². The molecule has 0 heterocycles. The minimum Gasteiger partial charge on any atom is -0.463 e. The molecular weight excluding hydrogens is 1480 g/mol. The molecule has 656 valence electrons. The summed E-state index contributed by atoms with van der Waals surface area (Å²) in [5.41, 5.74) is 0. The number of allylic oxidation sites excluding steroid dienone is 30. The molecule has 4 N–H and O–H groups in total. The lowest BCUT2D eigenvalue weighted by molar-refractivity contribution is -0.161. The smallest absolute Gasteiger partial charge is 0.463 e. The van der Waals surface area contributed by atoms with E-state index in [1.165, 1.54) is 96.3 Å². The molecule has 5 atom stereocenters. The molecule has 0 spiro atoms. The second-order valence-corrected chi connectivity index (χ2v) is 32.5. The van der Waals surface area contributed by atoms with Crippen molar-refractivity contribution in [1.29, 1.82) is 0 Å². The molecular formula is C97H162O16P2. The van der Waals surface area contributed by atoms with Gasteiger partial charge in [0, 0.05) is 19.3 Å².